The maximum atomic E-state index is 5.82. The van der Waals surface area contributed by atoms with Crippen LogP contribution in [0.4, 0.5) is 0 Å². The van der Waals surface area contributed by atoms with Gasteiger partial charge in [0, 0.05) is 11.5 Å². The summed E-state index contributed by atoms with van der Waals surface area (Å²) >= 11 is 5.82. The van der Waals surface area contributed by atoms with Crippen molar-refractivity contribution in [1.82, 2.24) is 4.98 Å². The van der Waals surface area contributed by atoms with Gasteiger partial charge in [0.1, 0.15) is 18.4 Å². The first-order chi connectivity index (χ1) is 7.33. The Balaban J connectivity index is 2.26. The van der Waals surface area contributed by atoms with E-state index in [9.17, 15) is 0 Å². The fraction of sp³-hybridized carbons (Fsp3) is 0.182. The monoisotopic (exact) mass is 221 g/mol. The number of rotatable bonds is 0. The molecule has 0 fully saturated rings. The fourth-order valence-electron chi connectivity index (χ4n) is 1.63. The molecule has 1 aliphatic heterocycles. The summed E-state index contributed by atoms with van der Waals surface area (Å²) in [7, 11) is 0. The van der Waals surface area contributed by atoms with E-state index < -0.39 is 0 Å². The van der Waals surface area contributed by atoms with Crippen molar-refractivity contribution in [3.63, 3.8) is 0 Å². The van der Waals surface area contributed by atoms with Gasteiger partial charge >= 0.3 is 0 Å². The Labute approximate surface area is 91.6 Å². The number of benzene rings is 1. The van der Waals surface area contributed by atoms with Crippen LogP contribution in [0, 0.1) is 0 Å². The number of fused-ring (bicyclic) bond motifs is 2. The first-order valence-corrected chi connectivity index (χ1v) is 5.07. The second kappa shape index (κ2) is 3.28. The van der Waals surface area contributed by atoms with Crippen molar-refractivity contribution in [2.75, 3.05) is 13.2 Å². The average molecular weight is 222 g/mol. The molecule has 0 atom stereocenters. The van der Waals surface area contributed by atoms with E-state index in [2.05, 4.69) is 4.98 Å². The topological polar surface area (TPSA) is 31.4 Å². The molecule has 2 aromatic rings. The van der Waals surface area contributed by atoms with Crippen molar-refractivity contribution in [1.29, 1.82) is 0 Å². The number of pyridine rings is 1. The molecular formula is C11H8ClNO2. The van der Waals surface area contributed by atoms with Crippen LogP contribution in [0.2, 0.25) is 5.15 Å². The molecule has 2 heterocycles. The second-order valence-electron chi connectivity index (χ2n) is 3.32. The minimum absolute atomic E-state index is 0.485. The standard InChI is InChI=1S/C11H8ClNO2/c12-11-2-1-7-5-9-10(6-8(7)13-11)15-4-3-14-9/h1-2,5-6H,3-4H2. The molecule has 4 heteroatoms. The molecule has 0 N–H and O–H groups in total. The molecule has 1 aromatic carbocycles. The largest absolute Gasteiger partial charge is 0.486 e. The first-order valence-electron chi connectivity index (χ1n) is 4.69. The highest BCUT2D eigenvalue weighted by Gasteiger charge is 2.12. The molecule has 76 valence electrons. The maximum absolute atomic E-state index is 5.82. The highest BCUT2D eigenvalue weighted by Crippen LogP contribution is 2.34. The Morgan fingerprint density at radius 3 is 2.60 bits per heavy atom. The van der Waals surface area contributed by atoms with Gasteiger partial charge in [0.05, 0.1) is 5.52 Å². The summed E-state index contributed by atoms with van der Waals surface area (Å²) in [5.41, 5.74) is 0.826. The number of hydrogen-bond donors (Lipinski definition) is 0. The molecule has 1 aliphatic rings. The van der Waals surface area contributed by atoms with Gasteiger partial charge < -0.3 is 9.47 Å². The summed E-state index contributed by atoms with van der Waals surface area (Å²) in [4.78, 5) is 4.21. The molecule has 1 aromatic heterocycles. The highest BCUT2D eigenvalue weighted by molar-refractivity contribution is 6.29. The SMILES string of the molecule is Clc1ccc2cc3c(cc2n1)OCCO3. The lowest BCUT2D eigenvalue weighted by atomic mass is 10.2. The van der Waals surface area contributed by atoms with Crippen LogP contribution in [0.15, 0.2) is 24.3 Å². The number of aromatic nitrogens is 1. The van der Waals surface area contributed by atoms with Crippen molar-refractivity contribution in [2.45, 2.75) is 0 Å². The minimum Gasteiger partial charge on any atom is -0.486 e. The Morgan fingerprint density at radius 2 is 1.80 bits per heavy atom. The predicted octanol–water partition coefficient (Wildman–Crippen LogP) is 2.66. The zero-order valence-corrected chi connectivity index (χ0v) is 8.62. The van der Waals surface area contributed by atoms with E-state index in [1.165, 1.54) is 0 Å². The summed E-state index contributed by atoms with van der Waals surface area (Å²) in [6, 6.07) is 7.46. The number of ether oxygens (including phenoxy) is 2. The zero-order chi connectivity index (χ0) is 10.3. The second-order valence-corrected chi connectivity index (χ2v) is 3.71. The van der Waals surface area contributed by atoms with Crippen LogP contribution >= 0.6 is 11.6 Å². The van der Waals surface area contributed by atoms with Crippen molar-refractivity contribution >= 4 is 22.5 Å². The van der Waals surface area contributed by atoms with Crippen LogP contribution in [-0.2, 0) is 0 Å². The van der Waals surface area contributed by atoms with E-state index in [1.807, 2.05) is 18.2 Å². The summed E-state index contributed by atoms with van der Waals surface area (Å²) in [5.74, 6) is 1.52. The maximum Gasteiger partial charge on any atom is 0.163 e. The molecule has 3 nitrogen and oxygen atoms in total. The molecule has 0 saturated heterocycles. The zero-order valence-electron chi connectivity index (χ0n) is 7.87. The number of nitrogens with zero attached hydrogens (tertiary/aromatic N) is 1. The quantitative estimate of drug-likeness (QED) is 0.641. The van der Waals surface area contributed by atoms with Crippen LogP contribution in [0.1, 0.15) is 0 Å². The molecule has 0 saturated carbocycles. The smallest absolute Gasteiger partial charge is 0.163 e. The van der Waals surface area contributed by atoms with E-state index >= 15 is 0 Å². The van der Waals surface area contributed by atoms with Gasteiger partial charge in [-0.15, -0.1) is 0 Å². The minimum atomic E-state index is 0.485. The van der Waals surface area contributed by atoms with Crippen LogP contribution in [0.5, 0.6) is 11.5 Å². The summed E-state index contributed by atoms with van der Waals surface area (Å²) in [5, 5.41) is 1.49. The van der Waals surface area contributed by atoms with Crippen molar-refractivity contribution < 1.29 is 9.47 Å². The lowest BCUT2D eigenvalue weighted by Crippen LogP contribution is -2.15. The lowest BCUT2D eigenvalue weighted by molar-refractivity contribution is 0.172. The Kier molecular flexibility index (Phi) is 1.92. The van der Waals surface area contributed by atoms with E-state index in [1.54, 1.807) is 6.07 Å². The number of hydrogen-bond acceptors (Lipinski definition) is 3. The third-order valence-electron chi connectivity index (χ3n) is 2.32. The Morgan fingerprint density at radius 1 is 1.07 bits per heavy atom. The molecule has 0 unspecified atom stereocenters. The van der Waals surface area contributed by atoms with Gasteiger partial charge in [0.2, 0.25) is 0 Å². The Bertz CT molecular complexity index is 527. The molecule has 0 spiro atoms. The predicted molar refractivity (Wildman–Crippen MR) is 57.7 cm³/mol. The van der Waals surface area contributed by atoms with Gasteiger partial charge in [0.15, 0.2) is 11.5 Å². The molecule has 0 bridgehead atoms. The van der Waals surface area contributed by atoms with Crippen LogP contribution in [0.3, 0.4) is 0 Å². The Hall–Kier alpha value is -1.48. The van der Waals surface area contributed by atoms with Gasteiger partial charge in [-0.05, 0) is 18.2 Å². The van der Waals surface area contributed by atoms with Crippen molar-refractivity contribution in [3.05, 3.63) is 29.4 Å². The van der Waals surface area contributed by atoms with Crippen LogP contribution in [-0.4, -0.2) is 18.2 Å². The highest BCUT2D eigenvalue weighted by atomic mass is 35.5. The van der Waals surface area contributed by atoms with Crippen molar-refractivity contribution in [3.8, 4) is 11.5 Å². The van der Waals surface area contributed by atoms with E-state index in [0.29, 0.717) is 18.4 Å². The number of halogens is 1. The third-order valence-corrected chi connectivity index (χ3v) is 2.53. The van der Waals surface area contributed by atoms with Crippen LogP contribution in [0.25, 0.3) is 10.9 Å². The average Bonchev–Trinajstić information content (AvgIpc) is 2.26. The first kappa shape index (κ1) is 8.80. The molecule has 0 aliphatic carbocycles. The van der Waals surface area contributed by atoms with Gasteiger partial charge in [-0.3, -0.25) is 0 Å². The summed E-state index contributed by atoms with van der Waals surface area (Å²) < 4.78 is 10.9. The van der Waals surface area contributed by atoms with E-state index in [0.717, 1.165) is 22.4 Å². The lowest BCUT2D eigenvalue weighted by Gasteiger charge is -2.18. The van der Waals surface area contributed by atoms with Gasteiger partial charge in [-0.25, -0.2) is 4.98 Å². The van der Waals surface area contributed by atoms with Gasteiger partial charge in [-0.1, -0.05) is 11.6 Å². The third kappa shape index (κ3) is 1.49. The fourth-order valence-corrected chi connectivity index (χ4v) is 1.79. The van der Waals surface area contributed by atoms with Gasteiger partial charge in [-0.2, -0.15) is 0 Å². The van der Waals surface area contributed by atoms with Crippen LogP contribution < -0.4 is 9.47 Å². The van der Waals surface area contributed by atoms with Gasteiger partial charge in [0.25, 0.3) is 0 Å². The van der Waals surface area contributed by atoms with E-state index in [-0.39, 0.29) is 0 Å². The normalized spacial score (nSPS) is 14.2. The molecular weight excluding hydrogens is 214 g/mol. The molecule has 3 rings (SSSR count). The molecule has 0 amide bonds. The molecule has 0 radical (unpaired) electrons. The summed E-state index contributed by atoms with van der Waals surface area (Å²) in [6.07, 6.45) is 0. The molecule has 15 heavy (non-hydrogen) atoms. The van der Waals surface area contributed by atoms with E-state index in [4.69, 9.17) is 21.1 Å². The van der Waals surface area contributed by atoms with Crippen molar-refractivity contribution in [2.24, 2.45) is 0 Å². The summed E-state index contributed by atoms with van der Waals surface area (Å²) in [6.45, 7) is 1.18.